The number of hydrogen-bond acceptors (Lipinski definition) is 3. The first kappa shape index (κ1) is 10.0. The number of rotatable bonds is 6. The molecule has 0 aliphatic rings. The van der Waals surface area contributed by atoms with Gasteiger partial charge in [0.1, 0.15) is 0 Å². The molecule has 0 amide bonds. The zero-order chi connectivity index (χ0) is 7.82. The van der Waals surface area contributed by atoms with Crippen LogP contribution >= 0.6 is 11.8 Å². The molecule has 0 unspecified atom stereocenters. The van der Waals surface area contributed by atoms with E-state index >= 15 is 0 Å². The molecule has 0 spiro atoms. The highest BCUT2D eigenvalue weighted by Crippen LogP contribution is 2.05. The fourth-order valence-corrected chi connectivity index (χ4v) is 1.25. The van der Waals surface area contributed by atoms with Crippen molar-refractivity contribution in [3.8, 4) is 0 Å². The van der Waals surface area contributed by atoms with Gasteiger partial charge >= 0.3 is 0 Å². The molecular weight excluding hydrogens is 148 g/mol. The van der Waals surface area contributed by atoms with Crippen molar-refractivity contribution in [3.63, 3.8) is 0 Å². The highest BCUT2D eigenvalue weighted by atomic mass is 32.2. The molecule has 0 aromatic heterocycles. The average molecular weight is 162 g/mol. The fraction of sp³-hybridized carbons (Fsp3) is 0.714. The Morgan fingerprint density at radius 1 is 1.50 bits per heavy atom. The van der Waals surface area contributed by atoms with Gasteiger partial charge < -0.3 is 9.47 Å². The van der Waals surface area contributed by atoms with Crippen molar-refractivity contribution in [1.82, 2.24) is 0 Å². The van der Waals surface area contributed by atoms with Crippen molar-refractivity contribution in [2.45, 2.75) is 6.29 Å². The first-order chi connectivity index (χ1) is 4.85. The lowest BCUT2D eigenvalue weighted by Gasteiger charge is -2.11. The molecule has 0 radical (unpaired) electrons. The molecule has 0 fully saturated rings. The van der Waals surface area contributed by atoms with E-state index in [1.165, 1.54) is 0 Å². The van der Waals surface area contributed by atoms with Gasteiger partial charge in [-0.25, -0.2) is 0 Å². The predicted octanol–water partition coefficient (Wildman–Crippen LogP) is 1.52. The largest absolute Gasteiger partial charge is 0.355 e. The van der Waals surface area contributed by atoms with Gasteiger partial charge in [0.05, 0.1) is 0 Å². The second-order valence-corrected chi connectivity index (χ2v) is 2.80. The summed E-state index contributed by atoms with van der Waals surface area (Å²) in [6.45, 7) is 3.61. The SMILES string of the molecule is C=CCSCC(OC)OC. The quantitative estimate of drug-likeness (QED) is 0.335. The maximum atomic E-state index is 4.97. The molecule has 0 aromatic rings. The van der Waals surface area contributed by atoms with Crippen LogP contribution in [0.25, 0.3) is 0 Å². The van der Waals surface area contributed by atoms with E-state index in [9.17, 15) is 0 Å². The van der Waals surface area contributed by atoms with Crippen molar-refractivity contribution >= 4 is 11.8 Å². The second-order valence-electron chi connectivity index (χ2n) is 1.73. The molecule has 0 atom stereocenters. The van der Waals surface area contributed by atoms with E-state index in [-0.39, 0.29) is 6.29 Å². The van der Waals surface area contributed by atoms with E-state index in [0.29, 0.717) is 0 Å². The monoisotopic (exact) mass is 162 g/mol. The third-order valence-electron chi connectivity index (χ3n) is 1.02. The lowest BCUT2D eigenvalue weighted by molar-refractivity contribution is -0.0842. The molecule has 60 valence electrons. The van der Waals surface area contributed by atoms with E-state index in [1.54, 1.807) is 26.0 Å². The molecule has 10 heavy (non-hydrogen) atoms. The first-order valence-corrected chi connectivity index (χ1v) is 4.24. The summed E-state index contributed by atoms with van der Waals surface area (Å²) in [7, 11) is 3.28. The van der Waals surface area contributed by atoms with E-state index in [4.69, 9.17) is 9.47 Å². The van der Waals surface area contributed by atoms with Gasteiger partial charge in [-0.15, -0.1) is 6.58 Å². The molecule has 0 rings (SSSR count). The normalized spacial score (nSPS) is 10.3. The Morgan fingerprint density at radius 2 is 2.10 bits per heavy atom. The molecule has 0 heterocycles. The number of ether oxygens (including phenoxy) is 2. The highest BCUT2D eigenvalue weighted by molar-refractivity contribution is 7.99. The number of hydrogen-bond donors (Lipinski definition) is 0. The Morgan fingerprint density at radius 3 is 2.50 bits per heavy atom. The van der Waals surface area contributed by atoms with Gasteiger partial charge in [0.25, 0.3) is 0 Å². The van der Waals surface area contributed by atoms with Gasteiger partial charge in [-0.2, -0.15) is 11.8 Å². The van der Waals surface area contributed by atoms with Crippen molar-refractivity contribution in [2.75, 3.05) is 25.7 Å². The highest BCUT2D eigenvalue weighted by Gasteiger charge is 2.02. The summed E-state index contributed by atoms with van der Waals surface area (Å²) in [6.07, 6.45) is 1.79. The van der Waals surface area contributed by atoms with Gasteiger partial charge in [-0.1, -0.05) is 6.08 Å². The zero-order valence-electron chi connectivity index (χ0n) is 6.50. The van der Waals surface area contributed by atoms with Gasteiger partial charge in [-0.3, -0.25) is 0 Å². The summed E-state index contributed by atoms with van der Waals surface area (Å²) in [5.41, 5.74) is 0. The molecule has 0 saturated heterocycles. The summed E-state index contributed by atoms with van der Waals surface area (Å²) in [4.78, 5) is 0. The van der Waals surface area contributed by atoms with Gasteiger partial charge in [-0.05, 0) is 0 Å². The molecule has 0 bridgehead atoms. The molecule has 2 nitrogen and oxygen atoms in total. The van der Waals surface area contributed by atoms with Crippen molar-refractivity contribution in [2.24, 2.45) is 0 Å². The van der Waals surface area contributed by atoms with Crippen LogP contribution in [0, 0.1) is 0 Å². The topological polar surface area (TPSA) is 18.5 Å². The van der Waals surface area contributed by atoms with Crippen LogP contribution in [0.3, 0.4) is 0 Å². The Kier molecular flexibility index (Phi) is 7.13. The van der Waals surface area contributed by atoms with E-state index in [1.807, 2.05) is 6.08 Å². The molecule has 0 aliphatic heterocycles. The molecule has 0 aliphatic carbocycles. The van der Waals surface area contributed by atoms with Gasteiger partial charge in [0.15, 0.2) is 6.29 Å². The lowest BCUT2D eigenvalue weighted by Crippen LogP contribution is -2.15. The van der Waals surface area contributed by atoms with Crippen molar-refractivity contribution in [3.05, 3.63) is 12.7 Å². The van der Waals surface area contributed by atoms with Crippen LogP contribution in [0.1, 0.15) is 0 Å². The van der Waals surface area contributed by atoms with Crippen LogP contribution in [0.5, 0.6) is 0 Å². The maximum absolute atomic E-state index is 4.97. The Bertz CT molecular complexity index is 81.7. The van der Waals surface area contributed by atoms with Gasteiger partial charge in [0, 0.05) is 25.7 Å². The summed E-state index contributed by atoms with van der Waals surface area (Å²) in [5, 5.41) is 0. The minimum atomic E-state index is -0.0788. The van der Waals surface area contributed by atoms with Crippen LogP contribution in [0.2, 0.25) is 0 Å². The Hall–Kier alpha value is 0.01000. The summed E-state index contributed by atoms with van der Waals surface area (Å²) < 4.78 is 9.94. The van der Waals surface area contributed by atoms with Crippen LogP contribution in [-0.4, -0.2) is 32.0 Å². The second kappa shape index (κ2) is 7.12. The van der Waals surface area contributed by atoms with Gasteiger partial charge in [0.2, 0.25) is 0 Å². The molecular formula is C7H14O2S. The summed E-state index contributed by atoms with van der Waals surface area (Å²) >= 11 is 1.74. The van der Waals surface area contributed by atoms with Crippen LogP contribution in [0.15, 0.2) is 12.7 Å². The van der Waals surface area contributed by atoms with Crippen LogP contribution < -0.4 is 0 Å². The Balaban J connectivity index is 3.16. The molecule has 0 saturated carbocycles. The standard InChI is InChI=1S/C7H14O2S/c1-4-5-10-6-7(8-2)9-3/h4,7H,1,5-6H2,2-3H3. The summed E-state index contributed by atoms with van der Waals surface area (Å²) in [5.74, 6) is 1.81. The number of thioether (sulfide) groups is 1. The van der Waals surface area contributed by atoms with Crippen LogP contribution in [-0.2, 0) is 9.47 Å². The molecule has 0 aromatic carbocycles. The van der Waals surface area contributed by atoms with E-state index in [0.717, 1.165) is 11.5 Å². The smallest absolute Gasteiger partial charge is 0.165 e. The lowest BCUT2D eigenvalue weighted by atomic mass is 10.7. The third kappa shape index (κ3) is 4.85. The molecule has 3 heteroatoms. The Labute approximate surface area is 66.6 Å². The minimum Gasteiger partial charge on any atom is -0.355 e. The molecule has 0 N–H and O–H groups in total. The van der Waals surface area contributed by atoms with E-state index in [2.05, 4.69) is 6.58 Å². The van der Waals surface area contributed by atoms with Crippen molar-refractivity contribution < 1.29 is 9.47 Å². The maximum Gasteiger partial charge on any atom is 0.165 e. The zero-order valence-corrected chi connectivity index (χ0v) is 7.32. The van der Waals surface area contributed by atoms with Crippen molar-refractivity contribution in [1.29, 1.82) is 0 Å². The summed E-state index contributed by atoms with van der Waals surface area (Å²) in [6, 6.07) is 0. The minimum absolute atomic E-state index is 0.0788. The first-order valence-electron chi connectivity index (χ1n) is 3.09. The van der Waals surface area contributed by atoms with E-state index < -0.39 is 0 Å². The number of methoxy groups -OCH3 is 2. The third-order valence-corrected chi connectivity index (χ3v) is 1.99. The fourth-order valence-electron chi connectivity index (χ4n) is 0.480. The van der Waals surface area contributed by atoms with Crippen LogP contribution in [0.4, 0.5) is 0 Å². The predicted molar refractivity (Wildman–Crippen MR) is 45.3 cm³/mol. The average Bonchev–Trinajstić information content (AvgIpc) is 1.99.